The van der Waals surface area contributed by atoms with Gasteiger partial charge in [-0.1, -0.05) is 0 Å². The fraction of sp³-hybridized carbons (Fsp3) is 1.00. The summed E-state index contributed by atoms with van der Waals surface area (Å²) in [5, 5.41) is 2.66. The Labute approximate surface area is 77.1 Å². The second-order valence-electron chi connectivity index (χ2n) is 2.88. The molecule has 0 unspecified atom stereocenters. The van der Waals surface area contributed by atoms with Crippen LogP contribution in [0.3, 0.4) is 0 Å². The minimum Gasteiger partial charge on any atom is -0.384 e. The highest BCUT2D eigenvalue weighted by molar-refractivity contribution is 5.85. The van der Waals surface area contributed by atoms with E-state index in [0.717, 1.165) is 0 Å². The van der Waals surface area contributed by atoms with Crippen LogP contribution in [0.5, 0.6) is 0 Å². The summed E-state index contributed by atoms with van der Waals surface area (Å²) in [7, 11) is 1.46. The number of hydrogen-bond acceptors (Lipinski definition) is 2. The Morgan fingerprint density at radius 2 is 2.25 bits per heavy atom. The van der Waals surface area contributed by atoms with Gasteiger partial charge in [-0.2, -0.15) is 0 Å². The summed E-state index contributed by atoms with van der Waals surface area (Å²) in [4.78, 5) is 0. The standard InChI is InChI=1S/C7H13F2NO.ClH/c1-11-4-6-2-3-10-5-7(6,8)9;/h6,10H,2-5H2,1H3;1H/t6-;/m1./s1. The molecule has 0 aliphatic carbocycles. The molecule has 1 heterocycles. The van der Waals surface area contributed by atoms with Crippen LogP contribution in [0.25, 0.3) is 0 Å². The van der Waals surface area contributed by atoms with Gasteiger partial charge < -0.3 is 10.1 Å². The minimum absolute atomic E-state index is 0. The zero-order chi connectivity index (χ0) is 8.32. The number of nitrogens with one attached hydrogen (secondary N) is 1. The lowest BCUT2D eigenvalue weighted by atomic mass is 9.95. The van der Waals surface area contributed by atoms with Crippen LogP contribution in [-0.2, 0) is 4.74 Å². The highest BCUT2D eigenvalue weighted by Gasteiger charge is 2.41. The van der Waals surface area contributed by atoms with Crippen LogP contribution in [0.1, 0.15) is 6.42 Å². The fourth-order valence-electron chi connectivity index (χ4n) is 1.29. The van der Waals surface area contributed by atoms with Crippen LogP contribution in [0, 0.1) is 5.92 Å². The van der Waals surface area contributed by atoms with Crippen molar-refractivity contribution in [2.45, 2.75) is 12.3 Å². The molecule has 0 aromatic rings. The Balaban J connectivity index is 0.00000121. The number of hydrogen-bond donors (Lipinski definition) is 1. The summed E-state index contributed by atoms with van der Waals surface area (Å²) >= 11 is 0. The van der Waals surface area contributed by atoms with E-state index in [1.54, 1.807) is 0 Å². The van der Waals surface area contributed by atoms with E-state index in [0.29, 0.717) is 13.0 Å². The molecule has 1 N–H and O–H groups in total. The molecule has 74 valence electrons. The summed E-state index contributed by atoms with van der Waals surface area (Å²) < 4.78 is 30.5. The Morgan fingerprint density at radius 3 is 2.75 bits per heavy atom. The van der Waals surface area contributed by atoms with Gasteiger partial charge >= 0.3 is 0 Å². The van der Waals surface area contributed by atoms with Gasteiger partial charge in [-0.15, -0.1) is 12.4 Å². The maximum atomic E-state index is 12.9. The monoisotopic (exact) mass is 201 g/mol. The first kappa shape index (κ1) is 12.1. The van der Waals surface area contributed by atoms with E-state index in [4.69, 9.17) is 4.74 Å². The molecular formula is C7H14ClF2NO. The largest absolute Gasteiger partial charge is 0.384 e. The number of alkyl halides is 2. The molecule has 0 bridgehead atoms. The van der Waals surface area contributed by atoms with Crippen LogP contribution in [-0.4, -0.2) is 32.7 Å². The third-order valence-corrected chi connectivity index (χ3v) is 2.00. The third-order valence-electron chi connectivity index (χ3n) is 2.00. The molecule has 0 radical (unpaired) electrons. The first-order valence-electron chi connectivity index (χ1n) is 3.74. The molecule has 1 aliphatic heterocycles. The maximum absolute atomic E-state index is 12.9. The average molecular weight is 202 g/mol. The summed E-state index contributed by atoms with van der Waals surface area (Å²) in [6, 6.07) is 0. The topological polar surface area (TPSA) is 21.3 Å². The van der Waals surface area contributed by atoms with Crippen LogP contribution < -0.4 is 5.32 Å². The van der Waals surface area contributed by atoms with E-state index in [1.807, 2.05) is 0 Å². The van der Waals surface area contributed by atoms with E-state index >= 15 is 0 Å². The molecule has 12 heavy (non-hydrogen) atoms. The number of halogens is 3. The molecule has 1 saturated heterocycles. The van der Waals surface area contributed by atoms with Crippen molar-refractivity contribution < 1.29 is 13.5 Å². The Bertz CT molecular complexity index is 133. The van der Waals surface area contributed by atoms with Gasteiger partial charge in [-0.3, -0.25) is 0 Å². The quantitative estimate of drug-likeness (QED) is 0.727. The van der Waals surface area contributed by atoms with Gasteiger partial charge in [0.25, 0.3) is 5.92 Å². The van der Waals surface area contributed by atoms with Gasteiger partial charge in [0, 0.05) is 13.0 Å². The number of ether oxygens (including phenoxy) is 1. The van der Waals surface area contributed by atoms with Gasteiger partial charge in [0.1, 0.15) is 0 Å². The zero-order valence-electron chi connectivity index (χ0n) is 6.98. The molecule has 1 atom stereocenters. The Hall–Kier alpha value is 0.0700. The second-order valence-corrected chi connectivity index (χ2v) is 2.88. The first-order valence-corrected chi connectivity index (χ1v) is 3.74. The molecule has 0 spiro atoms. The molecule has 0 amide bonds. The molecule has 1 aliphatic rings. The summed E-state index contributed by atoms with van der Waals surface area (Å²) in [5.41, 5.74) is 0. The summed E-state index contributed by atoms with van der Waals surface area (Å²) in [6.07, 6.45) is 0.501. The predicted octanol–water partition coefficient (Wildman–Crippen LogP) is 1.30. The normalized spacial score (nSPS) is 27.8. The SMILES string of the molecule is COC[C@H]1CCNCC1(F)F.Cl. The predicted molar refractivity (Wildman–Crippen MR) is 45.0 cm³/mol. The highest BCUT2D eigenvalue weighted by Crippen LogP contribution is 2.29. The average Bonchev–Trinajstić information content (AvgIpc) is 1.94. The van der Waals surface area contributed by atoms with Gasteiger partial charge in [-0.05, 0) is 13.0 Å². The molecule has 0 saturated carbocycles. The van der Waals surface area contributed by atoms with Crippen molar-refractivity contribution in [2.75, 3.05) is 26.8 Å². The van der Waals surface area contributed by atoms with E-state index < -0.39 is 11.8 Å². The first-order chi connectivity index (χ1) is 5.17. The lowest BCUT2D eigenvalue weighted by Gasteiger charge is -2.31. The number of methoxy groups -OCH3 is 1. The van der Waals surface area contributed by atoms with Crippen LogP contribution >= 0.6 is 12.4 Å². The third kappa shape index (κ3) is 2.84. The van der Waals surface area contributed by atoms with Gasteiger partial charge in [0.2, 0.25) is 0 Å². The Morgan fingerprint density at radius 1 is 1.58 bits per heavy atom. The van der Waals surface area contributed by atoms with Crippen molar-refractivity contribution >= 4 is 12.4 Å². The zero-order valence-corrected chi connectivity index (χ0v) is 7.79. The molecule has 5 heteroatoms. The molecule has 2 nitrogen and oxygen atoms in total. The van der Waals surface area contributed by atoms with Gasteiger partial charge in [0.05, 0.1) is 13.2 Å². The smallest absolute Gasteiger partial charge is 0.265 e. The second kappa shape index (κ2) is 4.94. The molecular weight excluding hydrogens is 188 g/mol. The van der Waals surface area contributed by atoms with E-state index in [1.165, 1.54) is 7.11 Å². The van der Waals surface area contributed by atoms with Crippen molar-refractivity contribution in [1.29, 1.82) is 0 Å². The molecule has 0 aromatic heterocycles. The van der Waals surface area contributed by atoms with Gasteiger partial charge in [0.15, 0.2) is 0 Å². The Kier molecular flexibility index (Phi) is 4.97. The number of piperidine rings is 1. The van der Waals surface area contributed by atoms with Crippen molar-refractivity contribution in [3.05, 3.63) is 0 Å². The van der Waals surface area contributed by atoms with Gasteiger partial charge in [-0.25, -0.2) is 8.78 Å². The fourth-order valence-corrected chi connectivity index (χ4v) is 1.29. The van der Waals surface area contributed by atoms with Crippen molar-refractivity contribution in [2.24, 2.45) is 5.92 Å². The van der Waals surface area contributed by atoms with Crippen LogP contribution in [0.15, 0.2) is 0 Å². The summed E-state index contributed by atoms with van der Waals surface area (Å²) in [5.74, 6) is -3.19. The van der Waals surface area contributed by atoms with Crippen LogP contribution in [0.2, 0.25) is 0 Å². The maximum Gasteiger partial charge on any atom is 0.265 e. The summed E-state index contributed by atoms with van der Waals surface area (Å²) in [6.45, 7) is 0.624. The molecule has 0 aromatic carbocycles. The van der Waals surface area contributed by atoms with Crippen molar-refractivity contribution in [3.8, 4) is 0 Å². The lowest BCUT2D eigenvalue weighted by molar-refractivity contribution is -0.0950. The van der Waals surface area contributed by atoms with Crippen molar-refractivity contribution in [1.82, 2.24) is 5.32 Å². The number of rotatable bonds is 2. The highest BCUT2D eigenvalue weighted by atomic mass is 35.5. The van der Waals surface area contributed by atoms with Crippen molar-refractivity contribution in [3.63, 3.8) is 0 Å². The lowest BCUT2D eigenvalue weighted by Crippen LogP contribution is -2.47. The molecule has 1 rings (SSSR count). The van der Waals surface area contributed by atoms with E-state index in [2.05, 4.69) is 5.32 Å². The minimum atomic E-state index is -2.59. The van der Waals surface area contributed by atoms with Crippen LogP contribution in [0.4, 0.5) is 8.78 Å². The van der Waals surface area contributed by atoms with E-state index in [9.17, 15) is 8.78 Å². The van der Waals surface area contributed by atoms with E-state index in [-0.39, 0.29) is 25.6 Å². The molecule has 1 fully saturated rings.